The van der Waals surface area contributed by atoms with E-state index in [0.717, 1.165) is 42.0 Å². The minimum Gasteiger partial charge on any atom is -0.397 e. The lowest BCUT2D eigenvalue weighted by molar-refractivity contribution is -0.122. The van der Waals surface area contributed by atoms with E-state index in [1.54, 1.807) is 11.8 Å². The topological polar surface area (TPSA) is 55.1 Å². The maximum absolute atomic E-state index is 12.5. The number of hydrogen-bond acceptors (Lipinski definition) is 3. The van der Waals surface area contributed by atoms with E-state index in [2.05, 4.69) is 26.1 Å². The Kier molecular flexibility index (Phi) is 5.20. The summed E-state index contributed by atoms with van der Waals surface area (Å²) in [6.07, 6.45) is 4.36. The highest BCUT2D eigenvalue weighted by Gasteiger charge is 2.39. The third-order valence-electron chi connectivity index (χ3n) is 4.33. The van der Waals surface area contributed by atoms with Gasteiger partial charge in [-0.1, -0.05) is 27.2 Å². The summed E-state index contributed by atoms with van der Waals surface area (Å²) in [5.41, 5.74) is 7.49. The van der Waals surface area contributed by atoms with Gasteiger partial charge in [0.25, 0.3) is 0 Å². The maximum atomic E-state index is 12.5. The predicted molar refractivity (Wildman–Crippen MR) is 91.6 cm³/mol. The standard InChI is InChI=1S/C17H26N2OS/c1-4-10-21-12-7-8-14(18)15(11-12)19-16(20)13-6-5-9-17(13,2)3/h7-8,11,13H,4-6,9-10,18H2,1-3H3,(H,19,20). The van der Waals surface area contributed by atoms with E-state index >= 15 is 0 Å². The zero-order valence-corrected chi connectivity index (χ0v) is 14.1. The van der Waals surface area contributed by atoms with Crippen LogP contribution in [0.25, 0.3) is 0 Å². The molecule has 3 nitrogen and oxygen atoms in total. The molecule has 1 aliphatic carbocycles. The summed E-state index contributed by atoms with van der Waals surface area (Å²) in [4.78, 5) is 13.7. The van der Waals surface area contributed by atoms with E-state index in [9.17, 15) is 4.79 Å². The Morgan fingerprint density at radius 3 is 2.86 bits per heavy atom. The lowest BCUT2D eigenvalue weighted by atomic mass is 9.81. The van der Waals surface area contributed by atoms with Crippen molar-refractivity contribution in [1.29, 1.82) is 0 Å². The number of nitrogens with two attached hydrogens (primary N) is 1. The Labute approximate surface area is 132 Å². The first-order valence-electron chi connectivity index (χ1n) is 7.77. The smallest absolute Gasteiger partial charge is 0.228 e. The molecular formula is C17H26N2OS. The van der Waals surface area contributed by atoms with Crippen LogP contribution in [0.5, 0.6) is 0 Å². The fraction of sp³-hybridized carbons (Fsp3) is 0.588. The quantitative estimate of drug-likeness (QED) is 0.620. The third kappa shape index (κ3) is 3.94. The normalized spacial score (nSPS) is 20.4. The van der Waals surface area contributed by atoms with Crippen LogP contribution in [0.4, 0.5) is 11.4 Å². The van der Waals surface area contributed by atoms with E-state index < -0.39 is 0 Å². The van der Waals surface area contributed by atoms with E-state index in [4.69, 9.17) is 5.73 Å². The van der Waals surface area contributed by atoms with Crippen LogP contribution in [-0.4, -0.2) is 11.7 Å². The van der Waals surface area contributed by atoms with Crippen molar-refractivity contribution in [3.05, 3.63) is 18.2 Å². The molecule has 1 aliphatic rings. The summed E-state index contributed by atoms with van der Waals surface area (Å²) >= 11 is 1.80. The summed E-state index contributed by atoms with van der Waals surface area (Å²) in [5.74, 6) is 1.28. The van der Waals surface area contributed by atoms with Gasteiger partial charge >= 0.3 is 0 Å². The van der Waals surface area contributed by atoms with Crippen LogP contribution in [0.1, 0.15) is 46.5 Å². The molecule has 1 unspecified atom stereocenters. The van der Waals surface area contributed by atoms with Gasteiger partial charge in [-0.25, -0.2) is 0 Å². The maximum Gasteiger partial charge on any atom is 0.228 e. The molecule has 2 rings (SSSR count). The Morgan fingerprint density at radius 2 is 2.24 bits per heavy atom. The van der Waals surface area contributed by atoms with E-state index in [-0.39, 0.29) is 17.2 Å². The van der Waals surface area contributed by atoms with Crippen LogP contribution in [0.2, 0.25) is 0 Å². The molecule has 1 fully saturated rings. The Hall–Kier alpha value is -1.16. The van der Waals surface area contributed by atoms with E-state index in [0.29, 0.717) is 5.69 Å². The van der Waals surface area contributed by atoms with Gasteiger partial charge in [0.2, 0.25) is 5.91 Å². The highest BCUT2D eigenvalue weighted by Crippen LogP contribution is 2.43. The monoisotopic (exact) mass is 306 g/mol. The molecule has 4 heteroatoms. The van der Waals surface area contributed by atoms with Gasteiger partial charge in [-0.05, 0) is 48.6 Å². The number of nitrogens with one attached hydrogen (secondary N) is 1. The molecule has 0 aliphatic heterocycles. The van der Waals surface area contributed by atoms with Gasteiger partial charge in [-0.2, -0.15) is 0 Å². The molecule has 0 aromatic heterocycles. The number of nitrogen functional groups attached to an aromatic ring is 1. The van der Waals surface area contributed by atoms with Crippen molar-refractivity contribution in [2.24, 2.45) is 11.3 Å². The highest BCUT2D eigenvalue weighted by molar-refractivity contribution is 7.99. The van der Waals surface area contributed by atoms with Crippen LogP contribution in [0.3, 0.4) is 0 Å². The molecule has 1 amide bonds. The molecule has 0 radical (unpaired) electrons. The van der Waals surface area contributed by atoms with Crippen molar-refractivity contribution in [3.63, 3.8) is 0 Å². The van der Waals surface area contributed by atoms with E-state index in [1.807, 2.05) is 18.2 Å². The van der Waals surface area contributed by atoms with E-state index in [1.165, 1.54) is 0 Å². The molecule has 116 valence electrons. The summed E-state index contributed by atoms with van der Waals surface area (Å²) in [6, 6.07) is 5.90. The number of hydrogen-bond donors (Lipinski definition) is 2. The van der Waals surface area contributed by atoms with Crippen molar-refractivity contribution in [3.8, 4) is 0 Å². The van der Waals surface area contributed by atoms with Gasteiger partial charge in [0.05, 0.1) is 11.4 Å². The average Bonchev–Trinajstić information content (AvgIpc) is 2.79. The molecule has 21 heavy (non-hydrogen) atoms. The van der Waals surface area contributed by atoms with Crippen LogP contribution in [-0.2, 0) is 4.79 Å². The molecule has 0 spiro atoms. The summed E-state index contributed by atoms with van der Waals surface area (Å²) < 4.78 is 0. The summed E-state index contributed by atoms with van der Waals surface area (Å²) in [5, 5.41) is 3.05. The van der Waals surface area contributed by atoms with Crippen molar-refractivity contribution >= 4 is 29.0 Å². The second kappa shape index (κ2) is 6.73. The number of carbonyl (C=O) groups excluding carboxylic acids is 1. The van der Waals surface area contributed by atoms with Gasteiger partial charge in [0.15, 0.2) is 0 Å². The van der Waals surface area contributed by atoms with Crippen LogP contribution >= 0.6 is 11.8 Å². The first kappa shape index (κ1) is 16.2. The van der Waals surface area contributed by atoms with Crippen molar-refractivity contribution < 1.29 is 4.79 Å². The predicted octanol–water partition coefficient (Wildman–Crippen LogP) is 4.54. The number of amides is 1. The van der Waals surface area contributed by atoms with Crippen molar-refractivity contribution in [1.82, 2.24) is 0 Å². The SMILES string of the molecule is CCCSc1ccc(N)c(NC(=O)C2CCCC2(C)C)c1. The molecule has 0 saturated heterocycles. The molecule has 1 aromatic carbocycles. The summed E-state index contributed by atoms with van der Waals surface area (Å²) in [6.45, 7) is 6.53. The molecule has 0 bridgehead atoms. The third-order valence-corrected chi connectivity index (χ3v) is 5.53. The Bertz CT molecular complexity index is 514. The van der Waals surface area contributed by atoms with Gasteiger partial charge in [0, 0.05) is 10.8 Å². The zero-order chi connectivity index (χ0) is 15.5. The number of thioether (sulfide) groups is 1. The van der Waals surface area contributed by atoms with Crippen LogP contribution in [0.15, 0.2) is 23.1 Å². The number of benzene rings is 1. The fourth-order valence-electron chi connectivity index (χ4n) is 2.99. The van der Waals surface area contributed by atoms with Gasteiger partial charge in [-0.3, -0.25) is 4.79 Å². The Morgan fingerprint density at radius 1 is 1.48 bits per heavy atom. The van der Waals surface area contributed by atoms with Gasteiger partial charge in [0.1, 0.15) is 0 Å². The van der Waals surface area contributed by atoms with Crippen molar-refractivity contribution in [2.75, 3.05) is 16.8 Å². The number of anilines is 2. The van der Waals surface area contributed by atoms with Crippen LogP contribution < -0.4 is 11.1 Å². The summed E-state index contributed by atoms with van der Waals surface area (Å²) in [7, 11) is 0. The Balaban J connectivity index is 2.09. The largest absolute Gasteiger partial charge is 0.397 e. The number of carbonyl (C=O) groups is 1. The second-order valence-corrected chi connectivity index (χ2v) is 7.69. The lowest BCUT2D eigenvalue weighted by Gasteiger charge is -2.26. The lowest BCUT2D eigenvalue weighted by Crippen LogP contribution is -2.31. The number of rotatable bonds is 5. The average molecular weight is 306 g/mol. The second-order valence-electron chi connectivity index (χ2n) is 6.52. The van der Waals surface area contributed by atoms with Crippen molar-refractivity contribution in [2.45, 2.75) is 51.3 Å². The molecular weight excluding hydrogens is 280 g/mol. The van der Waals surface area contributed by atoms with Gasteiger partial charge < -0.3 is 11.1 Å². The minimum absolute atomic E-state index is 0.0869. The molecule has 1 atom stereocenters. The minimum atomic E-state index is 0.0869. The molecule has 0 heterocycles. The zero-order valence-electron chi connectivity index (χ0n) is 13.2. The molecule has 1 saturated carbocycles. The van der Waals surface area contributed by atoms with Crippen LogP contribution in [0, 0.1) is 11.3 Å². The van der Waals surface area contributed by atoms with Gasteiger partial charge in [-0.15, -0.1) is 11.8 Å². The molecule has 3 N–H and O–H groups in total. The molecule has 1 aromatic rings. The fourth-order valence-corrected chi connectivity index (χ4v) is 3.79. The first-order valence-corrected chi connectivity index (χ1v) is 8.76. The first-order chi connectivity index (χ1) is 9.94. The highest BCUT2D eigenvalue weighted by atomic mass is 32.2.